The summed E-state index contributed by atoms with van der Waals surface area (Å²) in [5, 5.41) is 2.16. The van der Waals surface area contributed by atoms with E-state index in [0.29, 0.717) is 0 Å². The van der Waals surface area contributed by atoms with Crippen molar-refractivity contribution in [2.75, 3.05) is 0 Å². The lowest BCUT2D eigenvalue weighted by Crippen LogP contribution is -2.00. The lowest BCUT2D eigenvalue weighted by molar-refractivity contribution is 0.104. The molecule has 0 saturated heterocycles. The van der Waals surface area contributed by atoms with Crippen LogP contribution in [0.3, 0.4) is 0 Å². The smallest absolute Gasteiger partial charge is 0.195 e. The van der Waals surface area contributed by atoms with Crippen LogP contribution in [0.2, 0.25) is 0 Å². The predicted octanol–water partition coefficient (Wildman–Crippen LogP) is 5.42. The molecule has 0 unspecified atom stereocenters. The fourth-order valence-corrected chi connectivity index (χ4v) is 4.52. The fraction of sp³-hybridized carbons (Fsp3) is 0.261. The molecule has 0 saturated carbocycles. The van der Waals surface area contributed by atoms with Gasteiger partial charge in [0.1, 0.15) is 5.58 Å². The van der Waals surface area contributed by atoms with Crippen molar-refractivity contribution < 1.29 is 9.21 Å². The zero-order valence-corrected chi connectivity index (χ0v) is 14.9. The van der Waals surface area contributed by atoms with Gasteiger partial charge in [-0.25, -0.2) is 0 Å². The number of hydrogen-bond donors (Lipinski definition) is 0. The summed E-state index contributed by atoms with van der Waals surface area (Å²) in [7, 11) is 2.05. The van der Waals surface area contributed by atoms with E-state index in [4.69, 9.17) is 4.42 Å². The van der Waals surface area contributed by atoms with Gasteiger partial charge in [-0.2, -0.15) is 0 Å². The van der Waals surface area contributed by atoms with Crippen molar-refractivity contribution in [2.24, 2.45) is 7.05 Å². The maximum absolute atomic E-state index is 13.2. The number of benzene rings is 2. The highest BCUT2D eigenvalue weighted by Gasteiger charge is 2.25. The number of nitrogens with zero attached hydrogens (tertiary/aromatic N) is 1. The molecule has 2 aromatic heterocycles. The Hall–Kier alpha value is -2.81. The Labute approximate surface area is 152 Å². The maximum Gasteiger partial charge on any atom is 0.195 e. The maximum atomic E-state index is 13.2. The van der Waals surface area contributed by atoms with Gasteiger partial charge >= 0.3 is 0 Å². The highest BCUT2D eigenvalue weighted by Crippen LogP contribution is 2.39. The van der Waals surface area contributed by atoms with E-state index in [0.717, 1.165) is 34.9 Å². The molecule has 0 spiro atoms. The molecule has 130 valence electrons. The molecule has 5 rings (SSSR count). The Kier molecular flexibility index (Phi) is 3.49. The number of rotatable bonds is 2. The molecule has 0 bridgehead atoms. The van der Waals surface area contributed by atoms with Crippen LogP contribution in [0.15, 0.2) is 53.3 Å². The predicted molar refractivity (Wildman–Crippen MR) is 104 cm³/mol. The number of carbonyl (C=O) groups is 1. The number of carbonyl (C=O) groups excluding carboxylic acids is 1. The molecule has 3 nitrogen and oxygen atoms in total. The first kappa shape index (κ1) is 15.4. The second kappa shape index (κ2) is 5.87. The number of ketones is 1. The monoisotopic (exact) mass is 343 g/mol. The van der Waals surface area contributed by atoms with Crippen LogP contribution in [0.5, 0.6) is 0 Å². The van der Waals surface area contributed by atoms with Gasteiger partial charge in [-0.15, -0.1) is 0 Å². The van der Waals surface area contributed by atoms with Crippen LogP contribution in [0.1, 0.15) is 46.3 Å². The summed E-state index contributed by atoms with van der Waals surface area (Å²) in [6.07, 6.45) is 9.60. The number of aryl methyl sites for hydroxylation is 3. The number of aromatic nitrogens is 1. The zero-order valence-electron chi connectivity index (χ0n) is 14.9. The van der Waals surface area contributed by atoms with E-state index in [9.17, 15) is 4.79 Å². The SMILES string of the molecule is Cn1cc(C(=O)c2ccccc2)c2c3occc3c3c(c21)CCCCC3. The van der Waals surface area contributed by atoms with Gasteiger partial charge in [-0.3, -0.25) is 4.79 Å². The average Bonchev–Trinajstić information content (AvgIpc) is 3.20. The normalized spacial score (nSPS) is 14.5. The lowest BCUT2D eigenvalue weighted by Gasteiger charge is -2.11. The van der Waals surface area contributed by atoms with Gasteiger partial charge in [0.2, 0.25) is 0 Å². The van der Waals surface area contributed by atoms with E-state index in [-0.39, 0.29) is 5.78 Å². The van der Waals surface area contributed by atoms with Crippen LogP contribution in [0, 0.1) is 0 Å². The molecule has 2 aromatic carbocycles. The van der Waals surface area contributed by atoms with Gasteiger partial charge in [0.15, 0.2) is 5.78 Å². The second-order valence-electron chi connectivity index (χ2n) is 7.25. The van der Waals surface area contributed by atoms with E-state index < -0.39 is 0 Å². The summed E-state index contributed by atoms with van der Waals surface area (Å²) in [4.78, 5) is 13.2. The standard InChI is InChI=1S/C23H21NO2/c1-24-14-19(22(25)15-8-4-2-5-9-15)20-21(24)17-11-7-3-6-10-16(17)18-12-13-26-23(18)20/h2,4-5,8-9,12-14H,3,6-7,10-11H2,1H3. The Balaban J connectivity index is 1.86. The lowest BCUT2D eigenvalue weighted by atomic mass is 9.93. The first-order valence-corrected chi connectivity index (χ1v) is 9.35. The van der Waals surface area contributed by atoms with Crippen molar-refractivity contribution in [3.05, 3.63) is 71.1 Å². The third-order valence-corrected chi connectivity index (χ3v) is 5.68. The molecule has 1 aliphatic rings. The zero-order chi connectivity index (χ0) is 17.7. The average molecular weight is 343 g/mol. The van der Waals surface area contributed by atoms with E-state index in [1.165, 1.54) is 41.3 Å². The van der Waals surface area contributed by atoms with Gasteiger partial charge in [-0.05, 0) is 42.9 Å². The summed E-state index contributed by atoms with van der Waals surface area (Å²) in [5.74, 6) is 0.0578. The van der Waals surface area contributed by atoms with Crippen molar-refractivity contribution in [1.82, 2.24) is 4.57 Å². The van der Waals surface area contributed by atoms with Crippen molar-refractivity contribution in [1.29, 1.82) is 0 Å². The molecular weight excluding hydrogens is 322 g/mol. The molecule has 26 heavy (non-hydrogen) atoms. The minimum absolute atomic E-state index is 0.0578. The van der Waals surface area contributed by atoms with Gasteiger partial charge in [-0.1, -0.05) is 36.8 Å². The molecule has 3 heteroatoms. The Morgan fingerprint density at radius 3 is 2.58 bits per heavy atom. The third kappa shape index (κ3) is 2.16. The molecule has 0 aliphatic heterocycles. The van der Waals surface area contributed by atoms with Crippen LogP contribution in [0.4, 0.5) is 0 Å². The highest BCUT2D eigenvalue weighted by atomic mass is 16.3. The van der Waals surface area contributed by atoms with Crippen molar-refractivity contribution in [3.63, 3.8) is 0 Å². The van der Waals surface area contributed by atoms with Crippen LogP contribution < -0.4 is 0 Å². The van der Waals surface area contributed by atoms with Crippen molar-refractivity contribution in [3.8, 4) is 0 Å². The van der Waals surface area contributed by atoms with Crippen LogP contribution in [-0.2, 0) is 19.9 Å². The topological polar surface area (TPSA) is 35.1 Å². The second-order valence-corrected chi connectivity index (χ2v) is 7.25. The third-order valence-electron chi connectivity index (χ3n) is 5.68. The Morgan fingerprint density at radius 1 is 1.00 bits per heavy atom. The number of hydrogen-bond acceptors (Lipinski definition) is 2. The summed E-state index contributed by atoms with van der Waals surface area (Å²) < 4.78 is 8.04. The first-order chi connectivity index (χ1) is 12.8. The van der Waals surface area contributed by atoms with Crippen LogP contribution in [-0.4, -0.2) is 10.4 Å². The largest absolute Gasteiger partial charge is 0.464 e. The minimum atomic E-state index is 0.0578. The summed E-state index contributed by atoms with van der Waals surface area (Å²) >= 11 is 0. The van der Waals surface area contributed by atoms with Crippen LogP contribution in [0.25, 0.3) is 21.9 Å². The van der Waals surface area contributed by atoms with Gasteiger partial charge in [0, 0.05) is 24.2 Å². The first-order valence-electron chi connectivity index (χ1n) is 9.35. The molecule has 4 aromatic rings. The molecule has 0 radical (unpaired) electrons. The molecule has 0 N–H and O–H groups in total. The van der Waals surface area contributed by atoms with E-state index in [2.05, 4.69) is 10.6 Å². The quantitative estimate of drug-likeness (QED) is 0.359. The van der Waals surface area contributed by atoms with Crippen molar-refractivity contribution >= 4 is 27.7 Å². The van der Waals surface area contributed by atoms with E-state index in [1.54, 1.807) is 6.26 Å². The molecule has 0 atom stereocenters. The fourth-order valence-electron chi connectivity index (χ4n) is 4.52. The summed E-state index contributed by atoms with van der Waals surface area (Å²) in [6, 6.07) is 11.6. The molecular formula is C23H21NO2. The number of furan rings is 1. The van der Waals surface area contributed by atoms with Gasteiger partial charge in [0.25, 0.3) is 0 Å². The molecule has 0 fully saturated rings. The molecule has 2 heterocycles. The Morgan fingerprint density at radius 2 is 1.77 bits per heavy atom. The van der Waals surface area contributed by atoms with Gasteiger partial charge < -0.3 is 8.98 Å². The van der Waals surface area contributed by atoms with Crippen LogP contribution >= 0.6 is 0 Å². The molecule has 0 amide bonds. The Bertz CT molecular complexity index is 1130. The summed E-state index contributed by atoms with van der Waals surface area (Å²) in [6.45, 7) is 0. The number of fused-ring (bicyclic) bond motifs is 6. The molecule has 1 aliphatic carbocycles. The van der Waals surface area contributed by atoms with Gasteiger partial charge in [0.05, 0.1) is 22.7 Å². The highest BCUT2D eigenvalue weighted by molar-refractivity contribution is 6.22. The minimum Gasteiger partial charge on any atom is -0.464 e. The van der Waals surface area contributed by atoms with E-state index >= 15 is 0 Å². The van der Waals surface area contributed by atoms with E-state index in [1.807, 2.05) is 43.6 Å². The van der Waals surface area contributed by atoms with Crippen molar-refractivity contribution in [2.45, 2.75) is 32.1 Å². The summed E-state index contributed by atoms with van der Waals surface area (Å²) in [5.41, 5.74) is 6.30.